The highest BCUT2D eigenvalue weighted by molar-refractivity contribution is 8.00. The third-order valence-corrected chi connectivity index (χ3v) is 4.65. The fourth-order valence-electron chi connectivity index (χ4n) is 2.19. The largest absolute Gasteiger partial charge is 0.416 e. The lowest BCUT2D eigenvalue weighted by Gasteiger charge is -2.13. The van der Waals surface area contributed by atoms with E-state index in [-0.39, 0.29) is 5.69 Å². The Balaban J connectivity index is 2.03. The lowest BCUT2D eigenvalue weighted by molar-refractivity contribution is -0.137. The SMILES string of the molecule is COCCCn1c(SC(C)C(=O)Nc2cccc(C(F)(F)F)c2)n[nH]c1=O. The van der Waals surface area contributed by atoms with Crippen LogP contribution >= 0.6 is 11.8 Å². The number of carbonyl (C=O) groups is 1. The third kappa shape index (κ3) is 5.86. The van der Waals surface area contributed by atoms with E-state index in [1.54, 1.807) is 14.0 Å². The van der Waals surface area contributed by atoms with Crippen molar-refractivity contribution in [3.05, 3.63) is 40.3 Å². The molecule has 7 nitrogen and oxygen atoms in total. The van der Waals surface area contributed by atoms with Crippen LogP contribution in [-0.4, -0.2) is 39.6 Å². The predicted molar refractivity (Wildman–Crippen MR) is 94.7 cm³/mol. The Labute approximate surface area is 157 Å². The summed E-state index contributed by atoms with van der Waals surface area (Å²) in [4.78, 5) is 24.1. The van der Waals surface area contributed by atoms with Gasteiger partial charge in [0.2, 0.25) is 5.91 Å². The molecule has 27 heavy (non-hydrogen) atoms. The van der Waals surface area contributed by atoms with Gasteiger partial charge in [0, 0.05) is 25.9 Å². The van der Waals surface area contributed by atoms with Crippen molar-refractivity contribution in [1.82, 2.24) is 14.8 Å². The normalized spacial score (nSPS) is 12.8. The summed E-state index contributed by atoms with van der Waals surface area (Å²) in [6.07, 6.45) is -3.90. The summed E-state index contributed by atoms with van der Waals surface area (Å²) in [5.41, 5.74) is -1.21. The van der Waals surface area contributed by atoms with Gasteiger partial charge in [0.05, 0.1) is 10.8 Å². The molecule has 2 rings (SSSR count). The van der Waals surface area contributed by atoms with Crippen molar-refractivity contribution < 1.29 is 22.7 Å². The number of hydrogen-bond acceptors (Lipinski definition) is 5. The molecule has 0 saturated heterocycles. The lowest BCUT2D eigenvalue weighted by atomic mass is 10.2. The fourth-order valence-corrected chi connectivity index (χ4v) is 3.07. The second-order valence-corrected chi connectivity index (χ2v) is 6.95. The molecular formula is C16H19F3N4O3S. The van der Waals surface area contributed by atoms with Gasteiger partial charge in [-0.25, -0.2) is 9.89 Å². The third-order valence-electron chi connectivity index (χ3n) is 3.56. The molecule has 0 bridgehead atoms. The number of rotatable bonds is 8. The number of anilines is 1. The molecule has 0 aliphatic heterocycles. The average Bonchev–Trinajstić information content (AvgIpc) is 2.94. The molecule has 0 radical (unpaired) electrons. The monoisotopic (exact) mass is 404 g/mol. The number of alkyl halides is 3. The van der Waals surface area contributed by atoms with Crippen LogP contribution in [0.2, 0.25) is 0 Å². The van der Waals surface area contributed by atoms with Crippen LogP contribution in [0.5, 0.6) is 0 Å². The summed E-state index contributed by atoms with van der Waals surface area (Å²) >= 11 is 1.03. The van der Waals surface area contributed by atoms with Crippen LogP contribution in [0.3, 0.4) is 0 Å². The van der Waals surface area contributed by atoms with Gasteiger partial charge in [-0.05, 0) is 31.5 Å². The number of carbonyl (C=O) groups excluding carboxylic acids is 1. The van der Waals surface area contributed by atoms with Crippen LogP contribution < -0.4 is 11.0 Å². The number of aromatic amines is 1. The maximum absolute atomic E-state index is 12.8. The number of methoxy groups -OCH3 is 1. The zero-order valence-electron chi connectivity index (χ0n) is 14.7. The van der Waals surface area contributed by atoms with Crippen molar-refractivity contribution in [2.24, 2.45) is 0 Å². The zero-order valence-corrected chi connectivity index (χ0v) is 15.5. The number of benzene rings is 1. The summed E-state index contributed by atoms with van der Waals surface area (Å²) in [7, 11) is 1.55. The van der Waals surface area contributed by atoms with Gasteiger partial charge in [-0.15, -0.1) is 5.10 Å². The lowest BCUT2D eigenvalue weighted by Crippen LogP contribution is -2.24. The Morgan fingerprint density at radius 2 is 2.19 bits per heavy atom. The summed E-state index contributed by atoms with van der Waals surface area (Å²) in [6, 6.07) is 4.39. The van der Waals surface area contributed by atoms with Crippen LogP contribution in [0.25, 0.3) is 0 Å². The Bertz CT molecular complexity index is 835. The summed E-state index contributed by atoms with van der Waals surface area (Å²) in [5.74, 6) is -0.502. The summed E-state index contributed by atoms with van der Waals surface area (Å²) in [6.45, 7) is 2.41. The molecule has 11 heteroatoms. The fraction of sp³-hybridized carbons (Fsp3) is 0.438. The van der Waals surface area contributed by atoms with E-state index in [9.17, 15) is 22.8 Å². The highest BCUT2D eigenvalue weighted by Gasteiger charge is 2.30. The minimum Gasteiger partial charge on any atom is -0.385 e. The average molecular weight is 404 g/mol. The Morgan fingerprint density at radius 3 is 2.85 bits per heavy atom. The van der Waals surface area contributed by atoms with E-state index in [1.807, 2.05) is 0 Å². The molecule has 1 aromatic carbocycles. The van der Waals surface area contributed by atoms with Gasteiger partial charge in [-0.1, -0.05) is 17.8 Å². The van der Waals surface area contributed by atoms with Gasteiger partial charge in [-0.3, -0.25) is 9.36 Å². The molecule has 1 atom stereocenters. The molecule has 0 aliphatic rings. The minimum absolute atomic E-state index is 0.0433. The first kappa shape index (κ1) is 21.0. The second-order valence-electron chi connectivity index (χ2n) is 5.64. The number of nitrogens with zero attached hydrogens (tertiary/aromatic N) is 2. The van der Waals surface area contributed by atoms with E-state index >= 15 is 0 Å². The van der Waals surface area contributed by atoms with E-state index in [0.717, 1.165) is 23.9 Å². The van der Waals surface area contributed by atoms with Gasteiger partial charge in [0.25, 0.3) is 0 Å². The van der Waals surface area contributed by atoms with Crippen LogP contribution in [-0.2, 0) is 22.3 Å². The van der Waals surface area contributed by atoms with Crippen LogP contribution in [0.1, 0.15) is 18.9 Å². The van der Waals surface area contributed by atoms with E-state index in [1.165, 1.54) is 16.7 Å². The highest BCUT2D eigenvalue weighted by Crippen LogP contribution is 2.31. The van der Waals surface area contributed by atoms with Crippen molar-refractivity contribution in [2.75, 3.05) is 19.0 Å². The number of thioether (sulfide) groups is 1. The molecule has 0 spiro atoms. The number of nitrogens with one attached hydrogen (secondary N) is 2. The molecule has 1 aromatic heterocycles. The second kappa shape index (κ2) is 9.09. The molecule has 148 valence electrons. The Kier molecular flexibility index (Phi) is 7.08. The van der Waals surface area contributed by atoms with Crippen molar-refractivity contribution >= 4 is 23.4 Å². The molecule has 1 amide bonds. The first-order chi connectivity index (χ1) is 12.7. The molecule has 2 N–H and O–H groups in total. The van der Waals surface area contributed by atoms with E-state index in [0.29, 0.717) is 24.7 Å². The number of aromatic nitrogens is 3. The van der Waals surface area contributed by atoms with E-state index < -0.39 is 28.6 Å². The number of H-pyrrole nitrogens is 1. The number of ether oxygens (including phenoxy) is 1. The highest BCUT2D eigenvalue weighted by atomic mass is 32.2. The summed E-state index contributed by atoms with van der Waals surface area (Å²) in [5, 5.41) is 8.30. The maximum atomic E-state index is 12.8. The van der Waals surface area contributed by atoms with Crippen molar-refractivity contribution in [3.8, 4) is 0 Å². The predicted octanol–water partition coefficient (Wildman–Crippen LogP) is 2.75. The van der Waals surface area contributed by atoms with Gasteiger partial charge in [-0.2, -0.15) is 13.2 Å². The van der Waals surface area contributed by atoms with Gasteiger partial charge in [0.15, 0.2) is 5.16 Å². The standard InChI is InChI=1S/C16H19F3N4O3S/c1-10(27-15-22-21-14(25)23(15)7-4-8-26-2)13(24)20-12-6-3-5-11(9-12)16(17,18)19/h3,5-6,9-10H,4,7-8H2,1-2H3,(H,20,24)(H,21,25). The first-order valence-corrected chi connectivity index (χ1v) is 8.89. The van der Waals surface area contributed by atoms with Crippen molar-refractivity contribution in [3.63, 3.8) is 0 Å². The number of amides is 1. The zero-order chi connectivity index (χ0) is 20.0. The quantitative estimate of drug-likeness (QED) is 0.522. The minimum atomic E-state index is -4.49. The molecule has 2 aromatic rings. The van der Waals surface area contributed by atoms with Gasteiger partial charge >= 0.3 is 11.9 Å². The van der Waals surface area contributed by atoms with Gasteiger partial charge < -0.3 is 10.1 Å². The Hall–Kier alpha value is -2.27. The van der Waals surface area contributed by atoms with E-state index in [4.69, 9.17) is 4.74 Å². The van der Waals surface area contributed by atoms with Crippen LogP contribution in [0.15, 0.2) is 34.2 Å². The molecule has 0 saturated carbocycles. The van der Waals surface area contributed by atoms with Crippen molar-refractivity contribution in [1.29, 1.82) is 0 Å². The maximum Gasteiger partial charge on any atom is 0.416 e. The molecular weight excluding hydrogens is 385 g/mol. The molecule has 0 aliphatic carbocycles. The van der Waals surface area contributed by atoms with Crippen LogP contribution in [0.4, 0.5) is 18.9 Å². The molecule has 1 unspecified atom stereocenters. The van der Waals surface area contributed by atoms with Crippen LogP contribution in [0, 0.1) is 0 Å². The van der Waals surface area contributed by atoms with E-state index in [2.05, 4.69) is 15.5 Å². The smallest absolute Gasteiger partial charge is 0.385 e. The van der Waals surface area contributed by atoms with Crippen molar-refractivity contribution in [2.45, 2.75) is 36.5 Å². The van der Waals surface area contributed by atoms with Gasteiger partial charge in [0.1, 0.15) is 0 Å². The number of hydrogen-bond donors (Lipinski definition) is 2. The molecule has 1 heterocycles. The topological polar surface area (TPSA) is 89.0 Å². The molecule has 0 fully saturated rings. The summed E-state index contributed by atoms with van der Waals surface area (Å²) < 4.78 is 44.6. The number of halogens is 3. The first-order valence-electron chi connectivity index (χ1n) is 8.01. The Morgan fingerprint density at radius 1 is 1.44 bits per heavy atom.